The fourth-order valence-corrected chi connectivity index (χ4v) is 5.45. The molecular formula is C29H35FN2O4. The Balaban J connectivity index is 0.000000726. The van der Waals surface area contributed by atoms with E-state index < -0.39 is 12.1 Å². The van der Waals surface area contributed by atoms with E-state index in [1.54, 1.807) is 4.57 Å². The van der Waals surface area contributed by atoms with Crippen molar-refractivity contribution in [1.29, 1.82) is 0 Å². The smallest absolute Gasteiger partial charge is 0.340 e. The molecule has 0 bridgehead atoms. The van der Waals surface area contributed by atoms with Gasteiger partial charge in [0.05, 0.1) is 35.1 Å². The van der Waals surface area contributed by atoms with Crippen LogP contribution in [0.4, 0.5) is 4.39 Å². The van der Waals surface area contributed by atoms with Gasteiger partial charge in [0, 0.05) is 22.6 Å². The van der Waals surface area contributed by atoms with Crippen LogP contribution in [0.15, 0.2) is 16.9 Å². The van der Waals surface area contributed by atoms with Gasteiger partial charge >= 0.3 is 5.97 Å². The van der Waals surface area contributed by atoms with Gasteiger partial charge in [-0.05, 0) is 62.8 Å². The summed E-state index contributed by atoms with van der Waals surface area (Å²) in [5, 5.41) is 1.04. The molecule has 0 saturated heterocycles. The van der Waals surface area contributed by atoms with Gasteiger partial charge in [0.2, 0.25) is 0 Å². The van der Waals surface area contributed by atoms with Crippen molar-refractivity contribution in [2.45, 2.75) is 93.1 Å². The van der Waals surface area contributed by atoms with Crippen molar-refractivity contribution >= 4 is 16.9 Å². The minimum absolute atomic E-state index is 0.0571. The van der Waals surface area contributed by atoms with Crippen LogP contribution in [0.3, 0.4) is 0 Å². The third kappa shape index (κ3) is 3.94. The van der Waals surface area contributed by atoms with Gasteiger partial charge < -0.3 is 14.0 Å². The summed E-state index contributed by atoms with van der Waals surface area (Å²) in [6, 6.07) is 3.35. The van der Waals surface area contributed by atoms with Crippen LogP contribution in [-0.2, 0) is 40.3 Å². The lowest BCUT2D eigenvalue weighted by Gasteiger charge is -2.26. The third-order valence-corrected chi connectivity index (χ3v) is 6.93. The van der Waals surface area contributed by atoms with Gasteiger partial charge in [0.25, 0.3) is 5.56 Å². The topological polar surface area (TPSA) is 70.4 Å². The van der Waals surface area contributed by atoms with Crippen molar-refractivity contribution < 1.29 is 18.7 Å². The highest BCUT2D eigenvalue weighted by Gasteiger charge is 2.37. The fraction of sp³-hybridized carbons (Fsp3) is 0.483. The molecule has 6 nitrogen and oxygen atoms in total. The Morgan fingerprint density at radius 3 is 2.44 bits per heavy atom. The summed E-state index contributed by atoms with van der Waals surface area (Å²) < 4.78 is 27.4. The normalized spacial score (nSPS) is 16.8. The van der Waals surface area contributed by atoms with Crippen molar-refractivity contribution in [1.82, 2.24) is 9.55 Å². The van der Waals surface area contributed by atoms with Crippen LogP contribution in [0.1, 0.15) is 87.4 Å². The lowest BCUT2D eigenvalue weighted by atomic mass is 9.85. The number of nitrogens with zero attached hydrogens (tertiary/aromatic N) is 2. The number of hydrogen-bond acceptors (Lipinski definition) is 5. The molecule has 1 aromatic carbocycles. The highest BCUT2D eigenvalue weighted by atomic mass is 19.1. The molecule has 0 spiro atoms. The number of aryl methyl sites for hydroxylation is 2. The molecule has 7 heteroatoms. The van der Waals surface area contributed by atoms with Crippen molar-refractivity contribution in [2.75, 3.05) is 0 Å². The Bertz CT molecular complexity index is 1410. The number of fused-ring (bicyclic) bond motifs is 5. The number of halogens is 1. The van der Waals surface area contributed by atoms with E-state index in [2.05, 4.69) is 0 Å². The standard InChI is InChI=1S/C25H23FN2O4.2C2H6/c1-11(2)32-23-15-7-20-22-16(9-28(20)24(29)17(15)10-31-25(23)30)14-6-4-5-13-12(3)18(26)8-19(27-22)21(13)14;2*1-2/h7-8,11,23H,4-6,9-10H2,1-3H3;2*1-2H3. The Hall–Kier alpha value is -3.06. The van der Waals surface area contributed by atoms with Crippen LogP contribution in [0.25, 0.3) is 22.3 Å². The Morgan fingerprint density at radius 1 is 1.06 bits per heavy atom. The molecule has 3 aromatic rings. The number of hydrogen-bond donors (Lipinski definition) is 0. The summed E-state index contributed by atoms with van der Waals surface area (Å²) in [5.74, 6) is -0.737. The van der Waals surface area contributed by atoms with Crippen molar-refractivity contribution in [3.05, 3.63) is 61.7 Å². The summed E-state index contributed by atoms with van der Waals surface area (Å²) >= 11 is 0. The Labute approximate surface area is 211 Å². The van der Waals surface area contributed by atoms with Crippen LogP contribution in [0.2, 0.25) is 0 Å². The first kappa shape index (κ1) is 26.0. The minimum atomic E-state index is -0.938. The first-order valence-electron chi connectivity index (χ1n) is 13.1. The lowest BCUT2D eigenvalue weighted by Crippen LogP contribution is -2.34. The van der Waals surface area contributed by atoms with Gasteiger partial charge in [-0.15, -0.1) is 0 Å². The average molecular weight is 495 g/mol. The van der Waals surface area contributed by atoms with Crippen LogP contribution in [-0.4, -0.2) is 21.6 Å². The van der Waals surface area contributed by atoms with E-state index in [-0.39, 0.29) is 24.1 Å². The SMILES string of the molecule is CC.CC.Cc1c(F)cc2nc3c(c4c2c1CCC4)Cn1c-3cc2c(c1=O)COC(=O)C2OC(C)C. The quantitative estimate of drug-likeness (QED) is 0.323. The highest BCUT2D eigenvalue weighted by molar-refractivity contribution is 5.92. The summed E-state index contributed by atoms with van der Waals surface area (Å²) in [6.07, 6.45) is 1.51. The minimum Gasteiger partial charge on any atom is -0.458 e. The van der Waals surface area contributed by atoms with Crippen LogP contribution >= 0.6 is 0 Å². The molecule has 0 saturated carbocycles. The van der Waals surface area contributed by atoms with Crippen molar-refractivity contribution in [3.8, 4) is 11.4 Å². The van der Waals surface area contributed by atoms with E-state index in [0.717, 1.165) is 41.3 Å². The highest BCUT2D eigenvalue weighted by Crippen LogP contribution is 2.42. The van der Waals surface area contributed by atoms with Gasteiger partial charge in [0.15, 0.2) is 6.10 Å². The number of pyridine rings is 2. The van der Waals surface area contributed by atoms with Gasteiger partial charge in [-0.1, -0.05) is 27.7 Å². The molecule has 0 radical (unpaired) electrons. The second-order valence-corrected chi connectivity index (χ2v) is 9.15. The zero-order valence-electron chi connectivity index (χ0n) is 22.3. The summed E-state index contributed by atoms with van der Waals surface area (Å²) in [6.45, 7) is 13.9. The third-order valence-electron chi connectivity index (χ3n) is 6.93. The maximum absolute atomic E-state index is 14.6. The van der Waals surface area contributed by atoms with Crippen molar-refractivity contribution in [2.24, 2.45) is 0 Å². The second kappa shape index (κ2) is 10.1. The second-order valence-electron chi connectivity index (χ2n) is 9.15. The molecule has 6 rings (SSSR count). The molecule has 36 heavy (non-hydrogen) atoms. The van der Waals surface area contributed by atoms with Crippen LogP contribution in [0.5, 0.6) is 0 Å². The number of aromatic nitrogens is 2. The molecule has 0 amide bonds. The largest absolute Gasteiger partial charge is 0.458 e. The number of carbonyl (C=O) groups excluding carboxylic acids is 1. The number of cyclic esters (lactones) is 1. The number of benzene rings is 1. The molecular weight excluding hydrogens is 459 g/mol. The molecule has 3 aliphatic rings. The predicted octanol–water partition coefficient (Wildman–Crippen LogP) is 5.94. The van der Waals surface area contributed by atoms with E-state index in [1.807, 2.05) is 54.5 Å². The van der Waals surface area contributed by atoms with E-state index in [1.165, 1.54) is 6.07 Å². The number of ether oxygens (including phenoxy) is 2. The number of carbonyl (C=O) groups is 1. The van der Waals surface area contributed by atoms with Crippen molar-refractivity contribution in [3.63, 3.8) is 0 Å². The molecule has 0 fully saturated rings. The number of rotatable bonds is 2. The maximum Gasteiger partial charge on any atom is 0.340 e. The Kier molecular flexibility index (Phi) is 7.32. The molecule has 2 aromatic heterocycles. The predicted molar refractivity (Wildman–Crippen MR) is 139 cm³/mol. The summed E-state index contributed by atoms with van der Waals surface area (Å²) in [5.41, 5.74) is 6.71. The zero-order chi connectivity index (χ0) is 26.3. The van der Waals surface area contributed by atoms with Crippen LogP contribution in [0, 0.1) is 12.7 Å². The molecule has 4 heterocycles. The molecule has 0 N–H and O–H groups in total. The van der Waals surface area contributed by atoms with Crippen LogP contribution < -0.4 is 5.56 Å². The molecule has 1 atom stereocenters. The van der Waals surface area contributed by atoms with E-state index in [4.69, 9.17) is 14.5 Å². The number of esters is 1. The average Bonchev–Trinajstić information content (AvgIpc) is 3.26. The van der Waals surface area contributed by atoms with Gasteiger partial charge in [0.1, 0.15) is 12.4 Å². The van der Waals surface area contributed by atoms with E-state index in [9.17, 15) is 14.0 Å². The lowest BCUT2D eigenvalue weighted by molar-refractivity contribution is -0.165. The molecule has 192 valence electrons. The summed E-state index contributed by atoms with van der Waals surface area (Å²) in [7, 11) is 0. The first-order valence-corrected chi connectivity index (χ1v) is 13.1. The molecule has 1 unspecified atom stereocenters. The Morgan fingerprint density at radius 2 is 1.75 bits per heavy atom. The monoisotopic (exact) mass is 494 g/mol. The van der Waals surface area contributed by atoms with E-state index >= 15 is 0 Å². The fourth-order valence-electron chi connectivity index (χ4n) is 5.45. The van der Waals surface area contributed by atoms with Gasteiger partial charge in [-0.25, -0.2) is 14.2 Å². The van der Waals surface area contributed by atoms with Gasteiger partial charge in [-0.3, -0.25) is 4.79 Å². The molecule has 2 aliphatic heterocycles. The summed E-state index contributed by atoms with van der Waals surface area (Å²) in [4.78, 5) is 30.7. The zero-order valence-corrected chi connectivity index (χ0v) is 22.3. The van der Waals surface area contributed by atoms with E-state index in [0.29, 0.717) is 40.1 Å². The molecule has 1 aliphatic carbocycles. The first-order chi connectivity index (χ1) is 17.3. The maximum atomic E-state index is 14.6. The van der Waals surface area contributed by atoms with Gasteiger partial charge in [-0.2, -0.15) is 0 Å².